The van der Waals surface area contributed by atoms with E-state index in [4.69, 9.17) is 4.74 Å². The zero-order chi connectivity index (χ0) is 16.4. The van der Waals surface area contributed by atoms with Gasteiger partial charge in [0.25, 0.3) is 0 Å². The molecule has 0 aliphatic heterocycles. The van der Waals surface area contributed by atoms with E-state index in [0.29, 0.717) is 11.5 Å². The number of rotatable bonds is 4. The lowest BCUT2D eigenvalue weighted by molar-refractivity contribution is -0.274. The van der Waals surface area contributed by atoms with Crippen molar-refractivity contribution in [3.05, 3.63) is 48.5 Å². The molecule has 0 saturated carbocycles. The number of sulfone groups is 1. The summed E-state index contributed by atoms with van der Waals surface area (Å²) in [5, 5.41) is 0. The van der Waals surface area contributed by atoms with Crippen LogP contribution in [0.5, 0.6) is 17.2 Å². The third kappa shape index (κ3) is 4.66. The van der Waals surface area contributed by atoms with Crippen molar-refractivity contribution in [2.75, 3.05) is 6.26 Å². The number of alkyl halides is 3. The lowest BCUT2D eigenvalue weighted by Crippen LogP contribution is -2.16. The summed E-state index contributed by atoms with van der Waals surface area (Å²) in [5.74, 6) is 0.297. The third-order valence-electron chi connectivity index (χ3n) is 2.54. The van der Waals surface area contributed by atoms with Gasteiger partial charge in [-0.3, -0.25) is 0 Å². The van der Waals surface area contributed by atoms with Crippen molar-refractivity contribution in [2.45, 2.75) is 11.3 Å². The molecule has 0 saturated heterocycles. The normalized spacial score (nSPS) is 12.0. The van der Waals surface area contributed by atoms with Gasteiger partial charge >= 0.3 is 6.36 Å². The van der Waals surface area contributed by atoms with Crippen molar-refractivity contribution in [1.29, 1.82) is 0 Å². The Morgan fingerprint density at radius 2 is 1.23 bits per heavy atom. The smallest absolute Gasteiger partial charge is 0.457 e. The van der Waals surface area contributed by atoms with Crippen molar-refractivity contribution >= 4 is 9.84 Å². The molecule has 0 unspecified atom stereocenters. The summed E-state index contributed by atoms with van der Waals surface area (Å²) in [6.45, 7) is 0. The van der Waals surface area contributed by atoms with Crippen LogP contribution >= 0.6 is 0 Å². The fourth-order valence-corrected chi connectivity index (χ4v) is 2.23. The van der Waals surface area contributed by atoms with Crippen LogP contribution in [-0.2, 0) is 9.84 Å². The topological polar surface area (TPSA) is 52.6 Å². The highest BCUT2D eigenvalue weighted by Gasteiger charge is 2.30. The van der Waals surface area contributed by atoms with Crippen LogP contribution in [-0.4, -0.2) is 21.0 Å². The molecular formula is C14H11F3O4S. The van der Waals surface area contributed by atoms with E-state index in [1.54, 1.807) is 0 Å². The maximum atomic E-state index is 12.0. The van der Waals surface area contributed by atoms with Crippen LogP contribution in [0.3, 0.4) is 0 Å². The van der Waals surface area contributed by atoms with Crippen molar-refractivity contribution in [3.63, 3.8) is 0 Å². The van der Waals surface area contributed by atoms with E-state index in [2.05, 4.69) is 4.74 Å². The number of hydrogen-bond acceptors (Lipinski definition) is 4. The Morgan fingerprint density at radius 1 is 0.818 bits per heavy atom. The minimum absolute atomic E-state index is 0.147. The SMILES string of the molecule is CS(=O)(=O)c1ccc(Oc2ccc(OC(F)(F)F)cc2)cc1. The molecule has 22 heavy (non-hydrogen) atoms. The number of benzene rings is 2. The molecule has 0 spiro atoms. The second-order valence-electron chi connectivity index (χ2n) is 4.36. The summed E-state index contributed by atoms with van der Waals surface area (Å²) in [4.78, 5) is 0.147. The van der Waals surface area contributed by atoms with Gasteiger partial charge in [-0.05, 0) is 48.5 Å². The van der Waals surface area contributed by atoms with E-state index in [0.717, 1.165) is 18.4 Å². The molecule has 2 rings (SSSR count). The zero-order valence-corrected chi connectivity index (χ0v) is 12.1. The van der Waals surface area contributed by atoms with E-state index in [9.17, 15) is 21.6 Å². The molecule has 0 bridgehead atoms. The molecule has 0 heterocycles. The Balaban J connectivity index is 2.08. The molecule has 2 aromatic carbocycles. The predicted octanol–water partition coefficient (Wildman–Crippen LogP) is 3.78. The summed E-state index contributed by atoms with van der Waals surface area (Å²) in [6, 6.07) is 10.5. The van der Waals surface area contributed by atoms with Gasteiger partial charge in [0.2, 0.25) is 0 Å². The number of halogens is 3. The summed E-state index contributed by atoms with van der Waals surface area (Å²) in [5.41, 5.74) is 0. The third-order valence-corrected chi connectivity index (χ3v) is 3.67. The van der Waals surface area contributed by atoms with Crippen LogP contribution in [0.4, 0.5) is 13.2 Å². The predicted molar refractivity (Wildman–Crippen MR) is 72.8 cm³/mol. The average Bonchev–Trinajstić information content (AvgIpc) is 2.39. The van der Waals surface area contributed by atoms with E-state index in [1.807, 2.05) is 0 Å². The fraction of sp³-hybridized carbons (Fsp3) is 0.143. The molecule has 0 radical (unpaired) electrons. The summed E-state index contributed by atoms with van der Waals surface area (Å²) < 4.78 is 67.8. The molecule has 0 aromatic heterocycles. The van der Waals surface area contributed by atoms with Crippen molar-refractivity contribution in [1.82, 2.24) is 0 Å². The zero-order valence-electron chi connectivity index (χ0n) is 11.3. The molecule has 4 nitrogen and oxygen atoms in total. The monoisotopic (exact) mass is 332 g/mol. The largest absolute Gasteiger partial charge is 0.573 e. The minimum atomic E-state index is -4.75. The van der Waals surface area contributed by atoms with Crippen LogP contribution in [0.2, 0.25) is 0 Å². The first kappa shape index (κ1) is 16.2. The van der Waals surface area contributed by atoms with Gasteiger partial charge in [-0.1, -0.05) is 0 Å². The summed E-state index contributed by atoms with van der Waals surface area (Å²) >= 11 is 0. The Bertz CT molecular complexity index is 735. The number of hydrogen-bond donors (Lipinski definition) is 0. The first-order valence-corrected chi connectivity index (χ1v) is 7.86. The van der Waals surface area contributed by atoms with Crippen LogP contribution in [0, 0.1) is 0 Å². The molecule has 8 heteroatoms. The van der Waals surface area contributed by atoms with E-state index in [-0.39, 0.29) is 10.6 Å². The van der Waals surface area contributed by atoms with Gasteiger partial charge in [-0.25, -0.2) is 8.42 Å². The molecule has 118 valence electrons. The standard InChI is InChI=1S/C14H11F3O4S/c1-22(18,19)13-8-6-11(7-9-13)20-10-2-4-12(5-3-10)21-14(15,16)17/h2-9H,1H3. The van der Waals surface area contributed by atoms with Gasteiger partial charge in [-0.2, -0.15) is 0 Å². The molecule has 0 aliphatic rings. The maximum Gasteiger partial charge on any atom is 0.573 e. The molecule has 2 aromatic rings. The fourth-order valence-electron chi connectivity index (χ4n) is 1.60. The van der Waals surface area contributed by atoms with Gasteiger partial charge in [-0.15, -0.1) is 13.2 Å². The van der Waals surface area contributed by atoms with Crippen LogP contribution < -0.4 is 9.47 Å². The Morgan fingerprint density at radius 3 is 1.64 bits per heavy atom. The molecular weight excluding hydrogens is 321 g/mol. The van der Waals surface area contributed by atoms with E-state index < -0.39 is 16.2 Å². The van der Waals surface area contributed by atoms with Gasteiger partial charge in [0.05, 0.1) is 4.90 Å². The van der Waals surface area contributed by atoms with Crippen molar-refractivity contribution in [2.24, 2.45) is 0 Å². The van der Waals surface area contributed by atoms with Gasteiger partial charge < -0.3 is 9.47 Å². The first-order chi connectivity index (χ1) is 10.1. The van der Waals surface area contributed by atoms with Crippen LogP contribution in [0.25, 0.3) is 0 Å². The average molecular weight is 332 g/mol. The Kier molecular flexibility index (Phi) is 4.32. The molecule has 0 amide bonds. The van der Waals surface area contributed by atoms with Gasteiger partial charge in [0.1, 0.15) is 17.2 Å². The molecule has 0 N–H and O–H groups in total. The van der Waals surface area contributed by atoms with Crippen LogP contribution in [0.1, 0.15) is 0 Å². The lowest BCUT2D eigenvalue weighted by atomic mass is 10.3. The van der Waals surface area contributed by atoms with Gasteiger partial charge in [0.15, 0.2) is 9.84 Å². The minimum Gasteiger partial charge on any atom is -0.457 e. The van der Waals surface area contributed by atoms with Crippen molar-refractivity contribution < 1.29 is 31.1 Å². The summed E-state index contributed by atoms with van der Waals surface area (Å²) in [6.07, 6.45) is -3.66. The van der Waals surface area contributed by atoms with Gasteiger partial charge in [0, 0.05) is 6.26 Å². The Hall–Kier alpha value is -2.22. The highest BCUT2D eigenvalue weighted by Crippen LogP contribution is 2.27. The Labute approximate surface area is 125 Å². The quantitative estimate of drug-likeness (QED) is 0.855. The highest BCUT2D eigenvalue weighted by molar-refractivity contribution is 7.90. The van der Waals surface area contributed by atoms with Crippen LogP contribution in [0.15, 0.2) is 53.4 Å². The maximum absolute atomic E-state index is 12.0. The second-order valence-corrected chi connectivity index (χ2v) is 6.38. The number of ether oxygens (including phenoxy) is 2. The molecule has 0 atom stereocenters. The van der Waals surface area contributed by atoms with E-state index in [1.165, 1.54) is 36.4 Å². The van der Waals surface area contributed by atoms with E-state index >= 15 is 0 Å². The first-order valence-electron chi connectivity index (χ1n) is 5.97. The molecule has 0 fully saturated rings. The summed E-state index contributed by atoms with van der Waals surface area (Å²) in [7, 11) is -3.29. The highest BCUT2D eigenvalue weighted by atomic mass is 32.2. The van der Waals surface area contributed by atoms with Crippen molar-refractivity contribution in [3.8, 4) is 17.2 Å². The molecule has 0 aliphatic carbocycles. The second kappa shape index (κ2) is 5.88. The lowest BCUT2D eigenvalue weighted by Gasteiger charge is -2.10.